The lowest BCUT2D eigenvalue weighted by Gasteiger charge is -2.23. The molecule has 0 unspecified atom stereocenters. The Morgan fingerprint density at radius 2 is 2.00 bits per heavy atom. The first-order valence-electron chi connectivity index (χ1n) is 4.78. The van der Waals surface area contributed by atoms with Crippen LogP contribution >= 0.6 is 0 Å². The molecule has 1 N–H and O–H groups in total. The van der Waals surface area contributed by atoms with Crippen LogP contribution in [-0.4, -0.2) is 30.9 Å². The molecule has 0 rings (SSSR count). The summed E-state index contributed by atoms with van der Waals surface area (Å²) in [5, 5.41) is 2.55. The van der Waals surface area contributed by atoms with E-state index >= 15 is 0 Å². The fourth-order valence-electron chi connectivity index (χ4n) is 0.865. The minimum Gasteiger partial charge on any atom is -0.444 e. The standard InChI is InChI=1S/C11H19NO3/c1-7-9(8(2)14-6)12-10(13)15-11(3,4)5/h1,8-9H,2-6H3,(H,12,13)/t8-,9+/m0/s1. The van der Waals surface area contributed by atoms with E-state index in [1.165, 1.54) is 7.11 Å². The van der Waals surface area contributed by atoms with Gasteiger partial charge in [0.15, 0.2) is 0 Å². The molecular formula is C11H19NO3. The average Bonchev–Trinajstić information content (AvgIpc) is 2.10. The number of ether oxygens (including phenoxy) is 2. The summed E-state index contributed by atoms with van der Waals surface area (Å²) >= 11 is 0. The Hall–Kier alpha value is -1.21. The summed E-state index contributed by atoms with van der Waals surface area (Å²) in [6, 6.07) is -0.482. The molecule has 0 bridgehead atoms. The summed E-state index contributed by atoms with van der Waals surface area (Å²) < 4.78 is 10.1. The maximum atomic E-state index is 11.4. The molecule has 0 aliphatic carbocycles. The number of rotatable bonds is 3. The van der Waals surface area contributed by atoms with Crippen molar-refractivity contribution in [2.45, 2.75) is 45.4 Å². The van der Waals surface area contributed by atoms with Gasteiger partial charge in [-0.3, -0.25) is 0 Å². The number of carbonyl (C=O) groups is 1. The van der Waals surface area contributed by atoms with E-state index in [0.29, 0.717) is 0 Å². The molecule has 86 valence electrons. The van der Waals surface area contributed by atoms with Crippen LogP contribution in [0.15, 0.2) is 0 Å². The molecule has 0 aromatic rings. The SMILES string of the molecule is C#C[C@@H](NC(=O)OC(C)(C)C)[C@H](C)OC. The molecule has 4 heteroatoms. The first-order valence-corrected chi connectivity index (χ1v) is 4.78. The predicted molar refractivity (Wildman–Crippen MR) is 58.5 cm³/mol. The minimum absolute atomic E-state index is 0.248. The maximum absolute atomic E-state index is 11.4. The highest BCUT2D eigenvalue weighted by atomic mass is 16.6. The van der Waals surface area contributed by atoms with E-state index in [-0.39, 0.29) is 6.10 Å². The van der Waals surface area contributed by atoms with Gasteiger partial charge in [0.1, 0.15) is 11.6 Å². The lowest BCUT2D eigenvalue weighted by Crippen LogP contribution is -2.44. The van der Waals surface area contributed by atoms with E-state index in [0.717, 1.165) is 0 Å². The molecule has 0 aromatic heterocycles. The fourth-order valence-corrected chi connectivity index (χ4v) is 0.865. The first kappa shape index (κ1) is 13.8. The highest BCUT2D eigenvalue weighted by Crippen LogP contribution is 2.07. The lowest BCUT2D eigenvalue weighted by atomic mass is 10.2. The number of hydrogen-bond acceptors (Lipinski definition) is 3. The Morgan fingerprint density at radius 1 is 1.47 bits per heavy atom. The second kappa shape index (κ2) is 5.62. The maximum Gasteiger partial charge on any atom is 0.408 e. The lowest BCUT2D eigenvalue weighted by molar-refractivity contribution is 0.0428. The molecule has 0 radical (unpaired) electrons. The molecular weight excluding hydrogens is 194 g/mol. The van der Waals surface area contributed by atoms with Gasteiger partial charge in [-0.25, -0.2) is 4.79 Å². The zero-order chi connectivity index (χ0) is 12.1. The van der Waals surface area contributed by atoms with Gasteiger partial charge in [0, 0.05) is 7.11 Å². The Labute approximate surface area is 91.3 Å². The molecule has 1 amide bonds. The molecule has 15 heavy (non-hydrogen) atoms. The highest BCUT2D eigenvalue weighted by Gasteiger charge is 2.21. The van der Waals surface area contributed by atoms with E-state index in [1.807, 2.05) is 0 Å². The average molecular weight is 213 g/mol. The van der Waals surface area contributed by atoms with Crippen molar-refractivity contribution in [3.63, 3.8) is 0 Å². The summed E-state index contributed by atoms with van der Waals surface area (Å²) in [5.74, 6) is 2.43. The number of amides is 1. The van der Waals surface area contributed by atoms with Crippen LogP contribution < -0.4 is 5.32 Å². The number of methoxy groups -OCH3 is 1. The number of hydrogen-bond donors (Lipinski definition) is 1. The van der Waals surface area contributed by atoms with Crippen LogP contribution in [0.1, 0.15) is 27.7 Å². The summed E-state index contributed by atoms with van der Waals surface area (Å²) in [4.78, 5) is 11.4. The van der Waals surface area contributed by atoms with Crippen LogP contribution in [0.5, 0.6) is 0 Å². The van der Waals surface area contributed by atoms with Gasteiger partial charge in [0.2, 0.25) is 0 Å². The van der Waals surface area contributed by atoms with Gasteiger partial charge < -0.3 is 14.8 Å². The third kappa shape index (κ3) is 5.97. The van der Waals surface area contributed by atoms with Crippen LogP contribution in [0, 0.1) is 12.3 Å². The van der Waals surface area contributed by atoms with E-state index in [1.54, 1.807) is 27.7 Å². The van der Waals surface area contributed by atoms with Gasteiger partial charge in [0.05, 0.1) is 6.10 Å². The van der Waals surface area contributed by atoms with Crippen LogP contribution in [-0.2, 0) is 9.47 Å². The van der Waals surface area contributed by atoms with Crippen molar-refractivity contribution in [2.75, 3.05) is 7.11 Å². The number of terminal acetylenes is 1. The fraction of sp³-hybridized carbons (Fsp3) is 0.727. The third-order valence-electron chi connectivity index (χ3n) is 1.69. The van der Waals surface area contributed by atoms with Crippen molar-refractivity contribution in [3.8, 4) is 12.3 Å². The zero-order valence-electron chi connectivity index (χ0n) is 9.96. The molecule has 4 nitrogen and oxygen atoms in total. The summed E-state index contributed by atoms with van der Waals surface area (Å²) in [7, 11) is 1.53. The van der Waals surface area contributed by atoms with E-state index in [9.17, 15) is 4.79 Å². The predicted octanol–water partition coefficient (Wildman–Crippen LogP) is 1.55. The summed E-state index contributed by atoms with van der Waals surface area (Å²) in [6.07, 6.45) is 4.48. The van der Waals surface area contributed by atoms with Crippen LogP contribution in [0.2, 0.25) is 0 Å². The van der Waals surface area contributed by atoms with Crippen molar-refractivity contribution in [2.24, 2.45) is 0 Å². The molecule has 0 aliphatic rings. The van der Waals surface area contributed by atoms with E-state index in [4.69, 9.17) is 15.9 Å². The van der Waals surface area contributed by atoms with E-state index < -0.39 is 17.7 Å². The molecule has 0 saturated heterocycles. The molecule has 0 heterocycles. The van der Waals surface area contributed by atoms with Gasteiger partial charge >= 0.3 is 6.09 Å². The largest absolute Gasteiger partial charge is 0.444 e. The number of carbonyl (C=O) groups excluding carboxylic acids is 1. The van der Waals surface area contributed by atoms with Crippen LogP contribution in [0.3, 0.4) is 0 Å². The third-order valence-corrected chi connectivity index (χ3v) is 1.69. The Balaban J connectivity index is 4.21. The second-order valence-corrected chi connectivity index (χ2v) is 4.23. The summed E-state index contributed by atoms with van der Waals surface area (Å²) in [5.41, 5.74) is -0.528. The van der Waals surface area contributed by atoms with Crippen molar-refractivity contribution in [1.82, 2.24) is 5.32 Å². The monoisotopic (exact) mass is 213 g/mol. The molecule has 0 aromatic carbocycles. The Bertz CT molecular complexity index is 250. The van der Waals surface area contributed by atoms with Crippen molar-refractivity contribution < 1.29 is 14.3 Å². The first-order chi connectivity index (χ1) is 6.80. The Morgan fingerprint density at radius 3 is 2.33 bits per heavy atom. The Kier molecular flexibility index (Phi) is 5.16. The topological polar surface area (TPSA) is 47.6 Å². The normalized spacial score (nSPS) is 14.9. The van der Waals surface area contributed by atoms with Crippen LogP contribution in [0.25, 0.3) is 0 Å². The molecule has 0 fully saturated rings. The quantitative estimate of drug-likeness (QED) is 0.723. The van der Waals surface area contributed by atoms with Crippen molar-refractivity contribution in [3.05, 3.63) is 0 Å². The van der Waals surface area contributed by atoms with Gasteiger partial charge in [-0.05, 0) is 27.7 Å². The molecule has 0 spiro atoms. The molecule has 0 saturated carbocycles. The molecule has 0 aliphatic heterocycles. The van der Waals surface area contributed by atoms with Crippen LogP contribution in [0.4, 0.5) is 4.79 Å². The van der Waals surface area contributed by atoms with E-state index in [2.05, 4.69) is 11.2 Å². The van der Waals surface area contributed by atoms with Crippen molar-refractivity contribution >= 4 is 6.09 Å². The number of nitrogens with one attached hydrogen (secondary N) is 1. The van der Waals surface area contributed by atoms with Gasteiger partial charge in [-0.15, -0.1) is 6.42 Å². The second-order valence-electron chi connectivity index (χ2n) is 4.23. The van der Waals surface area contributed by atoms with Gasteiger partial charge in [-0.2, -0.15) is 0 Å². The van der Waals surface area contributed by atoms with Gasteiger partial charge in [-0.1, -0.05) is 5.92 Å². The minimum atomic E-state index is -0.533. The zero-order valence-corrected chi connectivity index (χ0v) is 9.96. The smallest absolute Gasteiger partial charge is 0.408 e. The van der Waals surface area contributed by atoms with Crippen molar-refractivity contribution in [1.29, 1.82) is 0 Å². The summed E-state index contributed by atoms with van der Waals surface area (Å²) in [6.45, 7) is 7.15. The molecule has 2 atom stereocenters. The highest BCUT2D eigenvalue weighted by molar-refractivity contribution is 5.68. The number of alkyl carbamates (subject to hydrolysis) is 1. The van der Waals surface area contributed by atoms with Gasteiger partial charge in [0.25, 0.3) is 0 Å².